The first kappa shape index (κ1) is 23.9. The van der Waals surface area contributed by atoms with Crippen molar-refractivity contribution < 1.29 is 29.0 Å². The predicted octanol–water partition coefficient (Wildman–Crippen LogP) is 2.38. The largest absolute Gasteiger partial charge is 0.508 e. The molecule has 2 heterocycles. The number of aromatic hydroxyl groups is 1. The van der Waals surface area contributed by atoms with Crippen LogP contribution in [-0.2, 0) is 14.3 Å². The van der Waals surface area contributed by atoms with Crippen LogP contribution in [0.25, 0.3) is 0 Å². The van der Waals surface area contributed by atoms with Gasteiger partial charge in [0.2, 0.25) is 5.78 Å². The van der Waals surface area contributed by atoms with E-state index in [4.69, 9.17) is 9.47 Å². The number of phenolic OH excluding ortho intramolecular Hbond substituents is 1. The van der Waals surface area contributed by atoms with Crippen LogP contribution in [0.2, 0.25) is 0 Å². The minimum Gasteiger partial charge on any atom is -0.508 e. The second-order valence-electron chi connectivity index (χ2n) is 8.73. The zero-order valence-corrected chi connectivity index (χ0v) is 19.5. The second-order valence-corrected chi connectivity index (χ2v) is 8.73. The smallest absolute Gasteiger partial charge is 0.291 e. The Morgan fingerprint density at radius 3 is 2.44 bits per heavy atom. The molecule has 0 bridgehead atoms. The molecule has 1 N–H and O–H groups in total. The molecule has 2 aliphatic heterocycles. The molecule has 180 valence electrons. The number of carbonyl (C=O) groups is 3. The molecule has 2 atom stereocenters. The fraction of sp³-hybridized carbons (Fsp3) is 0.423. The molecule has 2 aliphatic rings. The van der Waals surface area contributed by atoms with Gasteiger partial charge in [-0.3, -0.25) is 19.3 Å². The van der Waals surface area contributed by atoms with Gasteiger partial charge in [0, 0.05) is 31.7 Å². The van der Waals surface area contributed by atoms with Crippen molar-refractivity contribution in [2.75, 3.05) is 46.5 Å². The lowest BCUT2D eigenvalue weighted by Gasteiger charge is -2.30. The van der Waals surface area contributed by atoms with E-state index in [0.29, 0.717) is 43.1 Å². The van der Waals surface area contributed by atoms with Crippen LogP contribution in [0.3, 0.4) is 0 Å². The van der Waals surface area contributed by atoms with Gasteiger partial charge in [-0.25, -0.2) is 0 Å². The quantitative estimate of drug-likeness (QED) is 0.363. The third kappa shape index (κ3) is 4.83. The van der Waals surface area contributed by atoms with Crippen molar-refractivity contribution in [2.24, 2.45) is 5.92 Å². The number of Topliss-reactive ketones (excluding diaryl/α,β-unsaturated/α-hetero) is 2. The monoisotopic (exact) mass is 466 g/mol. The molecule has 0 saturated carbocycles. The molecule has 1 amide bonds. The van der Waals surface area contributed by atoms with Crippen LogP contribution in [-0.4, -0.2) is 78.9 Å². The lowest BCUT2D eigenvalue weighted by Crippen LogP contribution is -2.39. The van der Waals surface area contributed by atoms with Gasteiger partial charge in [0.25, 0.3) is 5.91 Å². The van der Waals surface area contributed by atoms with Crippen molar-refractivity contribution in [3.8, 4) is 11.5 Å². The number of benzene rings is 2. The van der Waals surface area contributed by atoms with Crippen LogP contribution in [0.1, 0.15) is 33.9 Å². The average Bonchev–Trinajstić information content (AvgIpc) is 3.09. The van der Waals surface area contributed by atoms with Crippen molar-refractivity contribution in [3.05, 3.63) is 59.2 Å². The molecule has 2 fully saturated rings. The van der Waals surface area contributed by atoms with E-state index < -0.39 is 29.4 Å². The van der Waals surface area contributed by atoms with Crippen LogP contribution in [0, 0.1) is 12.8 Å². The summed E-state index contributed by atoms with van der Waals surface area (Å²) in [6.07, 6.45) is 0.677. The Hall–Kier alpha value is -3.23. The van der Waals surface area contributed by atoms with E-state index in [-0.39, 0.29) is 5.75 Å². The summed E-state index contributed by atoms with van der Waals surface area (Å²) >= 11 is 0. The van der Waals surface area contributed by atoms with Gasteiger partial charge >= 0.3 is 0 Å². The van der Waals surface area contributed by atoms with E-state index in [1.54, 1.807) is 37.4 Å². The van der Waals surface area contributed by atoms with Gasteiger partial charge in [-0.15, -0.1) is 0 Å². The molecule has 34 heavy (non-hydrogen) atoms. The summed E-state index contributed by atoms with van der Waals surface area (Å²) in [4.78, 5) is 43.6. The van der Waals surface area contributed by atoms with Crippen molar-refractivity contribution in [1.29, 1.82) is 0 Å². The van der Waals surface area contributed by atoms with Crippen molar-refractivity contribution >= 4 is 17.5 Å². The Kier molecular flexibility index (Phi) is 7.29. The maximum atomic E-state index is 13.6. The van der Waals surface area contributed by atoms with Crippen LogP contribution < -0.4 is 4.74 Å². The summed E-state index contributed by atoms with van der Waals surface area (Å²) in [6, 6.07) is 10.6. The van der Waals surface area contributed by atoms with E-state index >= 15 is 0 Å². The molecular weight excluding hydrogens is 436 g/mol. The van der Waals surface area contributed by atoms with Gasteiger partial charge in [-0.2, -0.15) is 0 Å². The molecule has 0 aliphatic carbocycles. The molecular formula is C26H30N2O6. The minimum absolute atomic E-state index is 0.0759. The third-order valence-electron chi connectivity index (χ3n) is 6.58. The van der Waals surface area contributed by atoms with Gasteiger partial charge in [-0.1, -0.05) is 12.1 Å². The number of phenols is 1. The number of aryl methyl sites for hydroxylation is 1. The number of ketones is 2. The first-order valence-corrected chi connectivity index (χ1v) is 11.5. The number of morpholine rings is 1. The standard InChI is InChI=1S/C26H30N2O6/c1-17-16-19(6-9-21(17)33-2)24(30)22-23(18-4-7-20(29)8-5-18)28(26(32)25(22)31)11-3-10-27-12-14-34-15-13-27/h4-9,16,22-23,29H,3,10-15H2,1-2H3. The Morgan fingerprint density at radius 1 is 1.09 bits per heavy atom. The van der Waals surface area contributed by atoms with Crippen LogP contribution >= 0.6 is 0 Å². The van der Waals surface area contributed by atoms with Crippen LogP contribution in [0.4, 0.5) is 0 Å². The zero-order chi connectivity index (χ0) is 24.2. The molecule has 8 nitrogen and oxygen atoms in total. The van der Waals surface area contributed by atoms with E-state index in [2.05, 4.69) is 4.90 Å². The van der Waals surface area contributed by atoms with E-state index in [1.807, 2.05) is 6.92 Å². The van der Waals surface area contributed by atoms with Gasteiger partial charge in [-0.05, 0) is 54.8 Å². The lowest BCUT2D eigenvalue weighted by molar-refractivity contribution is -0.140. The zero-order valence-electron chi connectivity index (χ0n) is 19.5. The lowest BCUT2D eigenvalue weighted by atomic mass is 9.86. The number of hydrogen-bond acceptors (Lipinski definition) is 7. The highest BCUT2D eigenvalue weighted by molar-refractivity contribution is 6.44. The molecule has 2 unspecified atom stereocenters. The Balaban J connectivity index is 1.61. The van der Waals surface area contributed by atoms with E-state index in [9.17, 15) is 19.5 Å². The first-order chi connectivity index (χ1) is 16.4. The Labute approximate surface area is 199 Å². The average molecular weight is 467 g/mol. The molecule has 2 aromatic rings. The second kappa shape index (κ2) is 10.4. The molecule has 2 saturated heterocycles. The van der Waals surface area contributed by atoms with Crippen molar-refractivity contribution in [1.82, 2.24) is 9.80 Å². The van der Waals surface area contributed by atoms with Crippen molar-refractivity contribution in [3.63, 3.8) is 0 Å². The Bertz CT molecular complexity index is 1060. The summed E-state index contributed by atoms with van der Waals surface area (Å²) < 4.78 is 10.7. The highest BCUT2D eigenvalue weighted by atomic mass is 16.5. The SMILES string of the molecule is COc1ccc(C(=O)C2C(=O)C(=O)N(CCCN3CCOCC3)C2c2ccc(O)cc2)cc1C. The maximum absolute atomic E-state index is 13.6. The summed E-state index contributed by atoms with van der Waals surface area (Å²) in [7, 11) is 1.55. The molecule has 2 aromatic carbocycles. The number of carbonyl (C=O) groups excluding carboxylic acids is 3. The molecule has 0 spiro atoms. The number of rotatable bonds is 8. The number of ether oxygens (including phenoxy) is 2. The summed E-state index contributed by atoms with van der Waals surface area (Å²) in [5.74, 6) is -2.14. The normalized spacial score (nSPS) is 21.2. The highest BCUT2D eigenvalue weighted by Gasteiger charge is 2.51. The van der Waals surface area contributed by atoms with Gasteiger partial charge < -0.3 is 19.5 Å². The number of hydrogen-bond donors (Lipinski definition) is 1. The first-order valence-electron chi connectivity index (χ1n) is 11.5. The Morgan fingerprint density at radius 2 is 1.79 bits per heavy atom. The number of likely N-dealkylation sites (tertiary alicyclic amines) is 1. The topological polar surface area (TPSA) is 96.4 Å². The molecule has 0 aromatic heterocycles. The summed E-state index contributed by atoms with van der Waals surface area (Å²) in [6.45, 7) is 6.02. The minimum atomic E-state index is -1.15. The van der Waals surface area contributed by atoms with Crippen LogP contribution in [0.5, 0.6) is 11.5 Å². The third-order valence-corrected chi connectivity index (χ3v) is 6.58. The fourth-order valence-corrected chi connectivity index (χ4v) is 4.77. The molecule has 0 radical (unpaired) electrons. The fourth-order valence-electron chi connectivity index (χ4n) is 4.77. The van der Waals surface area contributed by atoms with Crippen molar-refractivity contribution in [2.45, 2.75) is 19.4 Å². The molecule has 8 heteroatoms. The summed E-state index contributed by atoms with van der Waals surface area (Å²) in [5, 5.41) is 9.75. The van der Waals surface area contributed by atoms with Crippen LogP contribution in [0.15, 0.2) is 42.5 Å². The molecule has 4 rings (SSSR count). The number of methoxy groups -OCH3 is 1. The van der Waals surface area contributed by atoms with E-state index in [0.717, 1.165) is 25.2 Å². The number of nitrogens with zero attached hydrogens (tertiary/aromatic N) is 2. The van der Waals surface area contributed by atoms with E-state index in [1.165, 1.54) is 17.0 Å². The maximum Gasteiger partial charge on any atom is 0.291 e. The summed E-state index contributed by atoms with van der Waals surface area (Å²) in [5.41, 5.74) is 1.78. The predicted molar refractivity (Wildman–Crippen MR) is 125 cm³/mol. The number of amides is 1. The highest BCUT2D eigenvalue weighted by Crippen LogP contribution is 2.39. The van der Waals surface area contributed by atoms with Gasteiger partial charge in [0.1, 0.15) is 17.4 Å². The van der Waals surface area contributed by atoms with Gasteiger partial charge in [0.05, 0.1) is 26.4 Å². The van der Waals surface area contributed by atoms with Gasteiger partial charge in [0.15, 0.2) is 5.78 Å².